The summed E-state index contributed by atoms with van der Waals surface area (Å²) in [4.78, 5) is 0. The van der Waals surface area contributed by atoms with Gasteiger partial charge in [-0.3, -0.25) is 0 Å². The van der Waals surface area contributed by atoms with Crippen molar-refractivity contribution in [2.24, 2.45) is 5.73 Å². The first-order valence-electron chi connectivity index (χ1n) is 2.11. The number of aliphatic hydroxyl groups excluding tert-OH is 1. The number of aliphatic hydroxyl groups is 1. The Balaban J connectivity index is 3.34. The van der Waals surface area contributed by atoms with Gasteiger partial charge in [-0.05, 0) is 6.92 Å². The monoisotopic (exact) mass is 102 g/mol. The summed E-state index contributed by atoms with van der Waals surface area (Å²) >= 11 is 0. The Morgan fingerprint density at radius 2 is 2.43 bits per heavy atom. The van der Waals surface area contributed by atoms with Crippen molar-refractivity contribution in [2.75, 3.05) is 6.54 Å². The molecule has 0 saturated carbocycles. The van der Waals surface area contributed by atoms with Gasteiger partial charge in [0.2, 0.25) is 0 Å². The molecule has 0 bridgehead atoms. The van der Waals surface area contributed by atoms with Gasteiger partial charge in [-0.15, -0.1) is 0 Å². The second-order valence-electron chi connectivity index (χ2n) is 1.43. The van der Waals surface area contributed by atoms with Crippen LogP contribution in [-0.2, 0) is 0 Å². The van der Waals surface area contributed by atoms with Gasteiger partial charge in [0, 0.05) is 12.3 Å². The minimum absolute atomic E-state index is 0.148. The molecule has 3 heteroatoms. The van der Waals surface area contributed by atoms with Crippen molar-refractivity contribution < 1.29 is 5.11 Å². The highest BCUT2D eigenvalue weighted by molar-refractivity contribution is 5.83. The summed E-state index contributed by atoms with van der Waals surface area (Å²) < 4.78 is 0. The molecule has 0 aliphatic carbocycles. The zero-order valence-electron chi connectivity index (χ0n) is 4.31. The van der Waals surface area contributed by atoms with Crippen molar-refractivity contribution in [3.63, 3.8) is 0 Å². The van der Waals surface area contributed by atoms with Crippen LogP contribution in [0.25, 0.3) is 0 Å². The van der Waals surface area contributed by atoms with Gasteiger partial charge in [-0.1, -0.05) is 0 Å². The average molecular weight is 102 g/mol. The quantitative estimate of drug-likeness (QED) is 0.405. The first kappa shape index (κ1) is 6.59. The minimum atomic E-state index is -0.736. The molecule has 0 fully saturated rings. The lowest BCUT2D eigenvalue weighted by Crippen LogP contribution is -2.26. The van der Waals surface area contributed by atoms with Crippen LogP contribution in [0.3, 0.4) is 0 Å². The fraction of sp³-hybridized carbons (Fsp3) is 0.750. The van der Waals surface area contributed by atoms with E-state index in [-0.39, 0.29) is 12.3 Å². The van der Waals surface area contributed by atoms with Gasteiger partial charge < -0.3 is 16.2 Å². The van der Waals surface area contributed by atoms with E-state index in [1.807, 2.05) is 0 Å². The molecule has 0 radical (unpaired) electrons. The highest BCUT2D eigenvalue weighted by Crippen LogP contribution is 1.78. The molecule has 0 aromatic carbocycles. The first-order chi connectivity index (χ1) is 3.18. The zero-order valence-corrected chi connectivity index (χ0v) is 4.31. The second kappa shape index (κ2) is 2.71. The van der Waals surface area contributed by atoms with Gasteiger partial charge in [-0.2, -0.15) is 0 Å². The predicted octanol–water partition coefficient (Wildman–Crippen LogP) is -0.654. The molecule has 4 N–H and O–H groups in total. The van der Waals surface area contributed by atoms with Crippen LogP contribution in [-0.4, -0.2) is 23.5 Å². The van der Waals surface area contributed by atoms with Crippen LogP contribution in [0, 0.1) is 5.41 Å². The van der Waals surface area contributed by atoms with Gasteiger partial charge in [-0.25, -0.2) is 0 Å². The van der Waals surface area contributed by atoms with Crippen molar-refractivity contribution in [3.8, 4) is 0 Å². The molecule has 0 aliphatic heterocycles. The summed E-state index contributed by atoms with van der Waals surface area (Å²) in [7, 11) is 0. The van der Waals surface area contributed by atoms with Crippen molar-refractivity contribution in [2.45, 2.75) is 13.0 Å². The standard InChI is InChI=1S/C4H10N2O/c1-3(6)4(7)2-5/h4,6-7H,2,5H2,1H3. The van der Waals surface area contributed by atoms with Gasteiger partial charge in [0.1, 0.15) is 6.10 Å². The number of nitrogens with two attached hydrogens (primary N) is 1. The van der Waals surface area contributed by atoms with E-state index in [0.29, 0.717) is 0 Å². The van der Waals surface area contributed by atoms with Crippen LogP contribution < -0.4 is 5.73 Å². The maximum absolute atomic E-state index is 8.59. The Hall–Kier alpha value is -0.410. The Morgan fingerprint density at radius 3 is 2.43 bits per heavy atom. The topological polar surface area (TPSA) is 70.1 Å². The number of hydrogen-bond donors (Lipinski definition) is 3. The van der Waals surface area contributed by atoms with E-state index < -0.39 is 6.10 Å². The number of nitrogens with one attached hydrogen (secondary N) is 1. The van der Waals surface area contributed by atoms with Crippen LogP contribution in [0.5, 0.6) is 0 Å². The van der Waals surface area contributed by atoms with Crippen LogP contribution >= 0.6 is 0 Å². The minimum Gasteiger partial charge on any atom is -0.386 e. The molecule has 0 aliphatic rings. The molecule has 3 nitrogen and oxygen atoms in total. The van der Waals surface area contributed by atoms with E-state index in [1.165, 1.54) is 6.92 Å². The lowest BCUT2D eigenvalue weighted by molar-refractivity contribution is 0.248. The Labute approximate surface area is 42.7 Å². The van der Waals surface area contributed by atoms with E-state index in [1.54, 1.807) is 0 Å². The molecule has 0 saturated heterocycles. The van der Waals surface area contributed by atoms with Crippen molar-refractivity contribution in [3.05, 3.63) is 0 Å². The predicted molar refractivity (Wildman–Crippen MR) is 28.5 cm³/mol. The van der Waals surface area contributed by atoms with Gasteiger partial charge in [0.25, 0.3) is 0 Å². The third kappa shape index (κ3) is 2.31. The normalized spacial score (nSPS) is 13.6. The van der Waals surface area contributed by atoms with E-state index >= 15 is 0 Å². The van der Waals surface area contributed by atoms with E-state index in [2.05, 4.69) is 0 Å². The van der Waals surface area contributed by atoms with Crippen LogP contribution in [0.15, 0.2) is 0 Å². The van der Waals surface area contributed by atoms with E-state index in [4.69, 9.17) is 16.2 Å². The summed E-state index contributed by atoms with van der Waals surface area (Å²) in [6.07, 6.45) is -0.736. The Morgan fingerprint density at radius 1 is 2.00 bits per heavy atom. The highest BCUT2D eigenvalue weighted by Gasteiger charge is 1.99. The lowest BCUT2D eigenvalue weighted by Gasteiger charge is -2.01. The molecule has 0 aromatic heterocycles. The van der Waals surface area contributed by atoms with Crippen molar-refractivity contribution >= 4 is 5.71 Å². The maximum Gasteiger partial charge on any atom is 0.103 e. The summed E-state index contributed by atoms with van der Waals surface area (Å²) in [5, 5.41) is 15.4. The molecular weight excluding hydrogens is 92.1 g/mol. The average Bonchev–Trinajstić information content (AvgIpc) is 1.65. The SMILES string of the molecule is CC(=N)C(O)CN. The molecule has 42 valence electrons. The summed E-state index contributed by atoms with van der Waals surface area (Å²) in [6.45, 7) is 1.67. The van der Waals surface area contributed by atoms with E-state index in [9.17, 15) is 0 Å². The Bertz CT molecular complexity index is 72.1. The van der Waals surface area contributed by atoms with Crippen LogP contribution in [0.4, 0.5) is 0 Å². The van der Waals surface area contributed by atoms with Crippen molar-refractivity contribution in [1.82, 2.24) is 0 Å². The summed E-state index contributed by atoms with van der Waals surface area (Å²) in [6, 6.07) is 0. The van der Waals surface area contributed by atoms with E-state index in [0.717, 1.165) is 0 Å². The molecule has 0 aromatic rings. The fourth-order valence-electron chi connectivity index (χ4n) is 0.177. The summed E-state index contributed by atoms with van der Waals surface area (Å²) in [5.41, 5.74) is 5.21. The van der Waals surface area contributed by atoms with Gasteiger partial charge in [0.15, 0.2) is 0 Å². The molecular formula is C4H10N2O. The summed E-state index contributed by atoms with van der Waals surface area (Å²) in [5.74, 6) is 0. The zero-order chi connectivity index (χ0) is 5.86. The molecule has 0 spiro atoms. The lowest BCUT2D eigenvalue weighted by atomic mass is 10.2. The molecule has 0 heterocycles. The van der Waals surface area contributed by atoms with Crippen molar-refractivity contribution in [1.29, 1.82) is 5.41 Å². The third-order valence-corrected chi connectivity index (χ3v) is 0.723. The van der Waals surface area contributed by atoms with Crippen LogP contribution in [0.1, 0.15) is 6.92 Å². The molecule has 0 rings (SSSR count). The third-order valence-electron chi connectivity index (χ3n) is 0.723. The van der Waals surface area contributed by atoms with Crippen LogP contribution in [0.2, 0.25) is 0 Å². The molecule has 7 heavy (non-hydrogen) atoms. The highest BCUT2D eigenvalue weighted by atomic mass is 16.3. The molecule has 1 unspecified atom stereocenters. The molecule has 0 amide bonds. The second-order valence-corrected chi connectivity index (χ2v) is 1.43. The molecule has 1 atom stereocenters. The van der Waals surface area contributed by atoms with Gasteiger partial charge in [0.05, 0.1) is 0 Å². The number of hydrogen-bond acceptors (Lipinski definition) is 3. The maximum atomic E-state index is 8.59. The largest absolute Gasteiger partial charge is 0.386 e. The fourth-order valence-corrected chi connectivity index (χ4v) is 0.177. The van der Waals surface area contributed by atoms with Gasteiger partial charge >= 0.3 is 0 Å². The Kier molecular flexibility index (Phi) is 2.55. The smallest absolute Gasteiger partial charge is 0.103 e. The number of rotatable bonds is 2. The first-order valence-corrected chi connectivity index (χ1v) is 2.11.